The van der Waals surface area contributed by atoms with Crippen molar-refractivity contribution in [3.05, 3.63) is 33.4 Å². The third-order valence-corrected chi connectivity index (χ3v) is 3.86. The molecule has 1 aromatic carbocycles. The molecule has 0 aromatic heterocycles. The summed E-state index contributed by atoms with van der Waals surface area (Å²) in [5.74, 6) is -3.69. The van der Waals surface area contributed by atoms with Crippen molar-refractivity contribution < 1.29 is 34.5 Å². The van der Waals surface area contributed by atoms with E-state index in [0.29, 0.717) is 5.56 Å². The summed E-state index contributed by atoms with van der Waals surface area (Å²) in [5.41, 5.74) is 0.557. The van der Waals surface area contributed by atoms with Gasteiger partial charge in [-0.2, -0.15) is 0 Å². The van der Waals surface area contributed by atoms with Crippen LogP contribution in [0.4, 0.5) is 4.79 Å². The highest BCUT2D eigenvalue weighted by atomic mass is 127. The summed E-state index contributed by atoms with van der Waals surface area (Å²) in [6, 6.07) is 3.72. The van der Waals surface area contributed by atoms with Crippen LogP contribution >= 0.6 is 22.6 Å². The number of carbonyl (C=O) groups is 4. The van der Waals surface area contributed by atoms with E-state index in [0.717, 1.165) is 3.57 Å². The zero-order valence-corrected chi connectivity index (χ0v) is 15.1. The van der Waals surface area contributed by atoms with E-state index in [1.165, 1.54) is 0 Å². The second kappa shape index (κ2) is 9.81. The predicted molar refractivity (Wildman–Crippen MR) is 94.1 cm³/mol. The number of aliphatic carboxylic acids is 3. The van der Waals surface area contributed by atoms with E-state index in [-0.39, 0.29) is 12.8 Å². The first-order chi connectivity index (χ1) is 11.7. The van der Waals surface area contributed by atoms with Crippen molar-refractivity contribution >= 4 is 46.5 Å². The number of urea groups is 1. The number of rotatable bonds is 9. The van der Waals surface area contributed by atoms with Crippen molar-refractivity contribution in [2.24, 2.45) is 0 Å². The molecule has 0 unspecified atom stereocenters. The van der Waals surface area contributed by atoms with Crippen molar-refractivity contribution in [2.75, 3.05) is 0 Å². The van der Waals surface area contributed by atoms with Crippen LogP contribution in [0.1, 0.15) is 30.9 Å². The third-order valence-electron chi connectivity index (χ3n) is 3.19. The molecule has 9 nitrogen and oxygen atoms in total. The average Bonchev–Trinajstić information content (AvgIpc) is 2.49. The van der Waals surface area contributed by atoms with E-state index < -0.39 is 42.4 Å². The number of hydrogen-bond acceptors (Lipinski definition) is 4. The molecule has 1 rings (SSSR count). The van der Waals surface area contributed by atoms with E-state index in [9.17, 15) is 19.2 Å². The Labute approximate surface area is 156 Å². The van der Waals surface area contributed by atoms with Crippen molar-refractivity contribution in [1.82, 2.24) is 10.6 Å². The van der Waals surface area contributed by atoms with Gasteiger partial charge in [0, 0.05) is 9.99 Å². The smallest absolute Gasteiger partial charge is 0.326 e. The van der Waals surface area contributed by atoms with Crippen LogP contribution in [0.5, 0.6) is 0 Å². The molecule has 0 bridgehead atoms. The number of carboxylic acids is 3. The molecule has 0 saturated heterocycles. The Kier molecular flexibility index (Phi) is 8.11. The maximum Gasteiger partial charge on any atom is 0.326 e. The maximum absolute atomic E-state index is 12.0. The van der Waals surface area contributed by atoms with Gasteiger partial charge in [-0.3, -0.25) is 9.59 Å². The number of nitrogens with one attached hydrogen (secondary N) is 2. The first-order valence-electron chi connectivity index (χ1n) is 7.18. The molecule has 25 heavy (non-hydrogen) atoms. The van der Waals surface area contributed by atoms with Gasteiger partial charge in [-0.1, -0.05) is 12.1 Å². The van der Waals surface area contributed by atoms with Crippen LogP contribution in [0.15, 0.2) is 24.3 Å². The second-order valence-corrected chi connectivity index (χ2v) is 6.39. The molecule has 0 aliphatic heterocycles. The van der Waals surface area contributed by atoms with Crippen LogP contribution in [0.2, 0.25) is 0 Å². The fraction of sp³-hybridized carbons (Fsp3) is 0.333. The largest absolute Gasteiger partial charge is 0.481 e. The van der Waals surface area contributed by atoms with Crippen molar-refractivity contribution in [3.63, 3.8) is 0 Å². The number of hydrogen-bond donors (Lipinski definition) is 5. The third kappa shape index (κ3) is 7.83. The first kappa shape index (κ1) is 20.7. The van der Waals surface area contributed by atoms with Gasteiger partial charge in [-0.25, -0.2) is 9.59 Å². The topological polar surface area (TPSA) is 153 Å². The molecule has 0 saturated carbocycles. The lowest BCUT2D eigenvalue weighted by molar-refractivity contribution is -0.141. The molecule has 0 fully saturated rings. The SMILES string of the molecule is O=C(O)CC[C@H](NC(=O)N[C@@H](CC(=O)O)c1cccc(I)c1)C(=O)O. The Hall–Kier alpha value is -2.37. The summed E-state index contributed by atoms with van der Waals surface area (Å²) >= 11 is 2.04. The zero-order valence-electron chi connectivity index (χ0n) is 12.9. The summed E-state index contributed by atoms with van der Waals surface area (Å²) in [7, 11) is 0. The lowest BCUT2D eigenvalue weighted by Crippen LogP contribution is -2.47. The fourth-order valence-corrected chi connectivity index (χ4v) is 2.60. The molecule has 10 heteroatoms. The molecule has 136 valence electrons. The maximum atomic E-state index is 12.0. The fourth-order valence-electron chi connectivity index (χ4n) is 2.03. The summed E-state index contributed by atoms with van der Waals surface area (Å²) in [6.45, 7) is 0. The summed E-state index contributed by atoms with van der Waals surface area (Å²) in [5, 5.41) is 31.2. The number of amides is 2. The molecule has 0 radical (unpaired) electrons. The lowest BCUT2D eigenvalue weighted by Gasteiger charge is -2.20. The molecule has 0 spiro atoms. The molecule has 0 aliphatic carbocycles. The summed E-state index contributed by atoms with van der Waals surface area (Å²) < 4.78 is 0.845. The zero-order chi connectivity index (χ0) is 19.0. The van der Waals surface area contributed by atoms with Crippen LogP contribution < -0.4 is 10.6 Å². The number of halogens is 1. The normalized spacial score (nSPS) is 12.7. The molecule has 5 N–H and O–H groups in total. The van der Waals surface area contributed by atoms with E-state index >= 15 is 0 Å². The van der Waals surface area contributed by atoms with Gasteiger partial charge in [0.1, 0.15) is 6.04 Å². The molecular weight excluding hydrogens is 447 g/mol. The Bertz CT molecular complexity index is 665. The van der Waals surface area contributed by atoms with Crippen LogP contribution in [-0.2, 0) is 14.4 Å². The minimum atomic E-state index is -1.39. The molecular formula is C15H17IN2O7. The standard InChI is InChI=1S/C15H17IN2O7/c16-9-3-1-2-8(6-9)11(7-13(21)22)18-15(25)17-10(14(23)24)4-5-12(19)20/h1-3,6,10-11H,4-5,7H2,(H,19,20)(H,21,22)(H,23,24)(H2,17,18,25)/t10-,11-/m0/s1. The quantitative estimate of drug-likeness (QED) is 0.347. The van der Waals surface area contributed by atoms with Gasteiger partial charge >= 0.3 is 23.9 Å². The van der Waals surface area contributed by atoms with E-state index in [4.69, 9.17) is 15.3 Å². The van der Waals surface area contributed by atoms with Gasteiger partial charge in [-0.15, -0.1) is 0 Å². The Morgan fingerprint density at radius 1 is 1.04 bits per heavy atom. The average molecular weight is 464 g/mol. The monoisotopic (exact) mass is 464 g/mol. The van der Waals surface area contributed by atoms with Crippen molar-refractivity contribution in [3.8, 4) is 0 Å². The Morgan fingerprint density at radius 2 is 1.72 bits per heavy atom. The van der Waals surface area contributed by atoms with E-state index in [1.54, 1.807) is 24.3 Å². The molecule has 0 aliphatic rings. The number of carbonyl (C=O) groups excluding carboxylic acids is 1. The second-order valence-electron chi connectivity index (χ2n) is 5.15. The van der Waals surface area contributed by atoms with Crippen LogP contribution in [0.25, 0.3) is 0 Å². The lowest BCUT2D eigenvalue weighted by atomic mass is 10.0. The van der Waals surface area contributed by atoms with Gasteiger partial charge in [0.15, 0.2) is 0 Å². The highest BCUT2D eigenvalue weighted by Crippen LogP contribution is 2.19. The Balaban J connectivity index is 2.81. The van der Waals surface area contributed by atoms with E-state index in [2.05, 4.69) is 10.6 Å². The number of carboxylic acid groups (broad SMARTS) is 3. The van der Waals surface area contributed by atoms with Gasteiger partial charge in [0.25, 0.3) is 0 Å². The minimum Gasteiger partial charge on any atom is -0.481 e. The first-order valence-corrected chi connectivity index (χ1v) is 8.25. The summed E-state index contributed by atoms with van der Waals surface area (Å²) in [4.78, 5) is 44.7. The van der Waals surface area contributed by atoms with Crippen LogP contribution in [-0.4, -0.2) is 45.3 Å². The minimum absolute atomic E-state index is 0.287. The summed E-state index contributed by atoms with van der Waals surface area (Å²) in [6.07, 6.45) is -1.10. The Morgan fingerprint density at radius 3 is 2.24 bits per heavy atom. The van der Waals surface area contributed by atoms with Crippen LogP contribution in [0.3, 0.4) is 0 Å². The van der Waals surface area contributed by atoms with Crippen LogP contribution in [0, 0.1) is 3.57 Å². The van der Waals surface area contributed by atoms with Gasteiger partial charge < -0.3 is 26.0 Å². The predicted octanol–water partition coefficient (Wildman–Crippen LogP) is 1.42. The molecule has 2 amide bonds. The molecule has 2 atom stereocenters. The van der Waals surface area contributed by atoms with Crippen molar-refractivity contribution in [2.45, 2.75) is 31.3 Å². The van der Waals surface area contributed by atoms with Crippen molar-refractivity contribution in [1.29, 1.82) is 0 Å². The van der Waals surface area contributed by atoms with E-state index in [1.807, 2.05) is 22.6 Å². The highest BCUT2D eigenvalue weighted by Gasteiger charge is 2.24. The van der Waals surface area contributed by atoms with Gasteiger partial charge in [-0.05, 0) is 46.7 Å². The molecule has 1 aromatic rings. The molecule has 0 heterocycles. The van der Waals surface area contributed by atoms with Gasteiger partial charge in [0.2, 0.25) is 0 Å². The van der Waals surface area contributed by atoms with Gasteiger partial charge in [0.05, 0.1) is 12.5 Å². The highest BCUT2D eigenvalue weighted by molar-refractivity contribution is 14.1. The number of benzene rings is 1.